The normalized spacial score (nSPS) is 17.2. The van der Waals surface area contributed by atoms with Crippen molar-refractivity contribution >= 4 is 51.6 Å². The Bertz CT molecular complexity index is 1330. The first-order chi connectivity index (χ1) is 19.7. The summed E-state index contributed by atoms with van der Waals surface area (Å²) >= 11 is 0. The van der Waals surface area contributed by atoms with E-state index in [4.69, 9.17) is 12.3 Å². The van der Waals surface area contributed by atoms with Gasteiger partial charge in [0.1, 0.15) is 0 Å². The fourth-order valence-electron chi connectivity index (χ4n) is 5.63. The fraction of sp³-hybridized carbons (Fsp3) is 0.118. The van der Waals surface area contributed by atoms with Crippen LogP contribution in [0.4, 0.5) is 0 Å². The van der Waals surface area contributed by atoms with Crippen molar-refractivity contribution in [2.75, 3.05) is 0 Å². The minimum absolute atomic E-state index is 0.861. The Hall–Kier alpha value is -3.37. The van der Waals surface area contributed by atoms with Gasteiger partial charge in [0.15, 0.2) is 0 Å². The van der Waals surface area contributed by atoms with E-state index in [1.165, 1.54) is 5.19 Å². The van der Waals surface area contributed by atoms with E-state index in [0.717, 1.165) is 39.6 Å². The van der Waals surface area contributed by atoms with Crippen LogP contribution in [0.5, 0.6) is 0 Å². The first-order valence-corrected chi connectivity index (χ1v) is 19.7. The molecule has 0 aliphatic carbocycles. The Kier molecular flexibility index (Phi) is 7.80. The summed E-state index contributed by atoms with van der Waals surface area (Å²) in [5.74, 6) is 0. The van der Waals surface area contributed by atoms with Gasteiger partial charge in [-0.1, -0.05) is 171 Å². The molecule has 6 rings (SSSR count). The summed E-state index contributed by atoms with van der Waals surface area (Å²) in [6.07, 6.45) is 2.08. The summed E-state index contributed by atoms with van der Waals surface area (Å²) in [5.41, 5.74) is 0. The molecule has 1 heterocycles. The summed E-state index contributed by atoms with van der Waals surface area (Å²) in [6.45, 7) is 2.24. The quantitative estimate of drug-likeness (QED) is 0.251. The molecule has 0 spiro atoms. The molecule has 40 heavy (non-hydrogen) atoms. The maximum absolute atomic E-state index is 7.73. The molecule has 0 radical (unpaired) electrons. The summed E-state index contributed by atoms with van der Waals surface area (Å²) in [6, 6.07) is 54.1. The molecule has 1 aliphatic rings. The molecule has 0 saturated carbocycles. The molecular weight excluding hydrogens is 541 g/mol. The highest BCUT2D eigenvalue weighted by Crippen LogP contribution is 2.34. The monoisotopic (exact) mass is 574 g/mol. The van der Waals surface area contributed by atoms with Crippen LogP contribution in [0.15, 0.2) is 152 Å². The summed E-state index contributed by atoms with van der Waals surface area (Å²) < 4.78 is 23.1. The molecule has 0 aromatic heterocycles. The summed E-state index contributed by atoms with van der Waals surface area (Å²) in [7, 11) is -9.69. The highest BCUT2D eigenvalue weighted by molar-refractivity contribution is 7.13. The molecule has 1 saturated heterocycles. The van der Waals surface area contributed by atoms with Crippen LogP contribution in [0.2, 0.25) is 6.04 Å². The predicted octanol–water partition coefficient (Wildman–Crippen LogP) is 4.71. The van der Waals surface area contributed by atoms with Gasteiger partial charge in [-0.05, 0) is 32.0 Å². The Morgan fingerprint density at radius 1 is 0.400 bits per heavy atom. The molecule has 0 atom stereocenters. The van der Waals surface area contributed by atoms with Gasteiger partial charge in [-0.3, -0.25) is 0 Å². The third kappa shape index (κ3) is 4.88. The zero-order chi connectivity index (χ0) is 27.3. The third-order valence-electron chi connectivity index (χ3n) is 7.59. The zero-order valence-corrected chi connectivity index (χ0v) is 25.8. The van der Waals surface area contributed by atoms with Crippen molar-refractivity contribution in [3.05, 3.63) is 152 Å². The van der Waals surface area contributed by atoms with Crippen LogP contribution in [0.25, 0.3) is 0 Å². The van der Waals surface area contributed by atoms with Gasteiger partial charge < -0.3 is 12.3 Å². The molecule has 3 nitrogen and oxygen atoms in total. The molecule has 0 unspecified atom stereocenters. The highest BCUT2D eigenvalue weighted by atomic mass is 28.5. The van der Waals surface area contributed by atoms with Crippen molar-refractivity contribution in [3.63, 3.8) is 0 Å². The van der Waals surface area contributed by atoms with Crippen LogP contribution in [-0.4, -0.2) is 25.7 Å². The minimum atomic E-state index is -3.31. The van der Waals surface area contributed by atoms with Crippen LogP contribution in [0.3, 0.4) is 0 Å². The van der Waals surface area contributed by atoms with Crippen molar-refractivity contribution < 1.29 is 12.3 Å². The molecular formula is C34H34O3Si3. The van der Waals surface area contributed by atoms with E-state index in [1.54, 1.807) is 0 Å². The Balaban J connectivity index is 1.72. The van der Waals surface area contributed by atoms with E-state index in [9.17, 15) is 0 Å². The average molecular weight is 575 g/mol. The first kappa shape index (κ1) is 26.8. The van der Waals surface area contributed by atoms with Crippen LogP contribution in [0, 0.1) is 0 Å². The number of hydrogen-bond donors (Lipinski definition) is 0. The average Bonchev–Trinajstić information content (AvgIpc) is 3.05. The Morgan fingerprint density at radius 2 is 0.700 bits per heavy atom. The second-order valence-corrected chi connectivity index (χ2v) is 20.0. The van der Waals surface area contributed by atoms with Gasteiger partial charge in [-0.2, -0.15) is 0 Å². The van der Waals surface area contributed by atoms with E-state index in [0.29, 0.717) is 0 Å². The maximum Gasteiger partial charge on any atom is 0.390 e. The third-order valence-corrected chi connectivity index (χ3v) is 21.4. The second kappa shape index (κ2) is 11.6. The number of hydrogen-bond acceptors (Lipinski definition) is 3. The molecule has 200 valence electrons. The lowest BCUT2D eigenvalue weighted by atomic mass is 10.4. The van der Waals surface area contributed by atoms with Crippen molar-refractivity contribution in [2.24, 2.45) is 0 Å². The van der Waals surface area contributed by atoms with Gasteiger partial charge in [0, 0.05) is 0 Å². The van der Waals surface area contributed by atoms with E-state index in [1.807, 2.05) is 0 Å². The summed E-state index contributed by atoms with van der Waals surface area (Å²) in [5, 5.41) is 5.60. The molecule has 0 amide bonds. The van der Waals surface area contributed by atoms with Crippen LogP contribution < -0.4 is 25.9 Å². The highest BCUT2D eigenvalue weighted by Gasteiger charge is 2.66. The van der Waals surface area contributed by atoms with Gasteiger partial charge in [0.2, 0.25) is 0 Å². The van der Waals surface area contributed by atoms with Crippen molar-refractivity contribution in [3.8, 4) is 0 Å². The molecule has 0 bridgehead atoms. The predicted molar refractivity (Wildman–Crippen MR) is 171 cm³/mol. The smallest absolute Gasteiger partial charge is 0.390 e. The van der Waals surface area contributed by atoms with Crippen LogP contribution in [-0.2, 0) is 12.3 Å². The lowest BCUT2D eigenvalue weighted by molar-refractivity contribution is 0.256. The molecule has 1 aliphatic heterocycles. The van der Waals surface area contributed by atoms with Crippen LogP contribution >= 0.6 is 0 Å². The van der Waals surface area contributed by atoms with E-state index in [2.05, 4.69) is 159 Å². The SMILES string of the molecule is CCCC[Si]1(c2ccccc2)O[Si](c2ccccc2)(c2ccccc2)O[Si](c2ccccc2)(c2ccccc2)O1. The van der Waals surface area contributed by atoms with Crippen molar-refractivity contribution in [1.29, 1.82) is 0 Å². The number of benzene rings is 5. The van der Waals surface area contributed by atoms with E-state index < -0.39 is 25.7 Å². The molecule has 1 fully saturated rings. The van der Waals surface area contributed by atoms with E-state index >= 15 is 0 Å². The van der Waals surface area contributed by atoms with Gasteiger partial charge in [0.05, 0.1) is 0 Å². The second-order valence-electron chi connectivity index (χ2n) is 10.2. The van der Waals surface area contributed by atoms with Crippen LogP contribution in [0.1, 0.15) is 19.8 Å². The van der Waals surface area contributed by atoms with Gasteiger partial charge in [0.25, 0.3) is 0 Å². The lowest BCUT2D eigenvalue weighted by Crippen LogP contribution is -2.85. The Morgan fingerprint density at radius 3 is 1.00 bits per heavy atom. The summed E-state index contributed by atoms with van der Waals surface area (Å²) in [4.78, 5) is 0. The number of unbranched alkanes of at least 4 members (excludes halogenated alkanes) is 1. The standard InChI is InChI=1S/C34H34O3Si3/c1-2-3-29-38(30-19-9-4-10-20-30)35-39(31-21-11-5-12-22-31,32-23-13-6-14-24-32)37-40(36-38,33-25-15-7-16-26-33)34-27-17-8-18-28-34/h4-28H,2-3,29H2,1H3. The zero-order valence-electron chi connectivity index (χ0n) is 22.8. The topological polar surface area (TPSA) is 27.7 Å². The lowest BCUT2D eigenvalue weighted by Gasteiger charge is -2.53. The minimum Gasteiger partial charge on any atom is -0.405 e. The molecule has 5 aromatic carbocycles. The Labute approximate surface area is 240 Å². The van der Waals surface area contributed by atoms with Crippen molar-refractivity contribution in [2.45, 2.75) is 25.8 Å². The first-order valence-electron chi connectivity index (χ1n) is 14.1. The largest absolute Gasteiger partial charge is 0.405 e. The van der Waals surface area contributed by atoms with Gasteiger partial charge in [-0.25, -0.2) is 0 Å². The van der Waals surface area contributed by atoms with Crippen molar-refractivity contribution in [1.82, 2.24) is 0 Å². The molecule has 0 N–H and O–H groups in total. The molecule has 6 heteroatoms. The van der Waals surface area contributed by atoms with Gasteiger partial charge in [-0.15, -0.1) is 0 Å². The maximum atomic E-state index is 7.73. The number of rotatable bonds is 8. The van der Waals surface area contributed by atoms with Gasteiger partial charge >= 0.3 is 25.7 Å². The fourth-order valence-corrected chi connectivity index (χ4v) is 23.1. The molecule has 5 aromatic rings. The van der Waals surface area contributed by atoms with E-state index in [-0.39, 0.29) is 0 Å².